The van der Waals surface area contributed by atoms with E-state index in [1.54, 1.807) is 10.7 Å². The van der Waals surface area contributed by atoms with Gasteiger partial charge in [-0.25, -0.2) is 9.50 Å². The number of hydrogen-bond donors (Lipinski definition) is 0. The monoisotopic (exact) mass is 336 g/mol. The van der Waals surface area contributed by atoms with E-state index in [0.717, 1.165) is 24.3 Å². The zero-order chi connectivity index (χ0) is 17.4. The van der Waals surface area contributed by atoms with Gasteiger partial charge in [-0.1, -0.05) is 30.3 Å². The van der Waals surface area contributed by atoms with E-state index in [0.29, 0.717) is 12.3 Å². The first-order valence-electron chi connectivity index (χ1n) is 8.36. The molecule has 1 amide bonds. The van der Waals surface area contributed by atoms with Gasteiger partial charge in [-0.3, -0.25) is 4.79 Å². The number of hydrogen-bond acceptors (Lipinski definition) is 5. The van der Waals surface area contributed by atoms with Crippen LogP contribution in [0.5, 0.6) is 0 Å². The molecule has 0 spiro atoms. The van der Waals surface area contributed by atoms with Crippen molar-refractivity contribution in [1.82, 2.24) is 29.4 Å². The van der Waals surface area contributed by atoms with Crippen molar-refractivity contribution >= 4 is 11.7 Å². The highest BCUT2D eigenvalue weighted by Crippen LogP contribution is 2.26. The predicted octanol–water partition coefficient (Wildman–Crippen LogP) is 1.56. The van der Waals surface area contributed by atoms with E-state index in [4.69, 9.17) is 0 Å². The van der Waals surface area contributed by atoms with E-state index in [1.807, 2.05) is 36.1 Å². The highest BCUT2D eigenvalue weighted by Gasteiger charge is 2.32. The quantitative estimate of drug-likeness (QED) is 0.710. The summed E-state index contributed by atoms with van der Waals surface area (Å²) in [5, 5.41) is 4.37. The number of rotatable bonds is 2. The molecule has 1 aliphatic heterocycles. The van der Waals surface area contributed by atoms with E-state index in [-0.39, 0.29) is 17.8 Å². The van der Waals surface area contributed by atoms with Gasteiger partial charge in [0.15, 0.2) is 0 Å². The number of benzene rings is 1. The van der Waals surface area contributed by atoms with Crippen LogP contribution in [-0.2, 0) is 0 Å². The van der Waals surface area contributed by atoms with Crippen LogP contribution in [0, 0.1) is 6.92 Å². The molecule has 7 heteroatoms. The Morgan fingerprint density at radius 1 is 1.16 bits per heavy atom. The van der Waals surface area contributed by atoms with Crippen LogP contribution in [0.15, 0.2) is 42.6 Å². The summed E-state index contributed by atoms with van der Waals surface area (Å²) in [6.45, 7) is 4.19. The molecule has 7 nitrogen and oxygen atoms in total. The fraction of sp³-hybridized carbons (Fsp3) is 0.333. The molecule has 128 valence electrons. The van der Waals surface area contributed by atoms with Crippen LogP contribution in [0.25, 0.3) is 5.78 Å². The van der Waals surface area contributed by atoms with E-state index in [2.05, 4.69) is 39.1 Å². The molecule has 0 bridgehead atoms. The second-order valence-corrected chi connectivity index (χ2v) is 6.42. The minimum atomic E-state index is -0.146. The average Bonchev–Trinajstić information content (AvgIpc) is 3.07. The van der Waals surface area contributed by atoms with Crippen molar-refractivity contribution in [3.05, 3.63) is 59.7 Å². The van der Waals surface area contributed by atoms with E-state index in [9.17, 15) is 4.79 Å². The second kappa shape index (κ2) is 6.25. The fourth-order valence-corrected chi connectivity index (χ4v) is 3.25. The maximum absolute atomic E-state index is 13.1. The van der Waals surface area contributed by atoms with Gasteiger partial charge in [0.1, 0.15) is 0 Å². The van der Waals surface area contributed by atoms with Gasteiger partial charge >= 0.3 is 0 Å². The molecular weight excluding hydrogens is 316 g/mol. The van der Waals surface area contributed by atoms with Crippen molar-refractivity contribution in [1.29, 1.82) is 0 Å². The number of nitrogens with zero attached hydrogens (tertiary/aromatic N) is 6. The first kappa shape index (κ1) is 15.7. The zero-order valence-corrected chi connectivity index (χ0v) is 14.3. The molecule has 4 rings (SSSR count). The average molecular weight is 336 g/mol. The van der Waals surface area contributed by atoms with Gasteiger partial charge in [0.25, 0.3) is 11.7 Å². The number of likely N-dealkylation sites (N-methyl/N-ethyl adjacent to an activating group) is 1. The van der Waals surface area contributed by atoms with Gasteiger partial charge in [0, 0.05) is 31.5 Å². The highest BCUT2D eigenvalue weighted by atomic mass is 16.2. The van der Waals surface area contributed by atoms with Crippen molar-refractivity contribution in [3.63, 3.8) is 0 Å². The van der Waals surface area contributed by atoms with Gasteiger partial charge in [0.05, 0.1) is 6.04 Å². The summed E-state index contributed by atoms with van der Waals surface area (Å²) < 4.78 is 1.61. The summed E-state index contributed by atoms with van der Waals surface area (Å²) in [4.78, 5) is 25.7. The fourth-order valence-electron chi connectivity index (χ4n) is 3.25. The number of piperazine rings is 1. The molecule has 0 saturated carbocycles. The number of aryl methyl sites for hydroxylation is 1. The van der Waals surface area contributed by atoms with Crippen LogP contribution in [0.4, 0.5) is 0 Å². The second-order valence-electron chi connectivity index (χ2n) is 6.42. The van der Waals surface area contributed by atoms with E-state index >= 15 is 0 Å². The lowest BCUT2D eigenvalue weighted by molar-refractivity contribution is 0.0486. The van der Waals surface area contributed by atoms with Crippen molar-refractivity contribution < 1.29 is 4.79 Å². The SMILES string of the molecule is Cc1ccnc2nc(C(=O)N3CCN(C)C[C@@H]3c3ccccc3)nn12. The summed E-state index contributed by atoms with van der Waals surface area (Å²) in [5.74, 6) is 0.507. The van der Waals surface area contributed by atoms with Crippen LogP contribution in [-0.4, -0.2) is 62.0 Å². The number of fused-ring (bicyclic) bond motifs is 1. The minimum Gasteiger partial charge on any atom is -0.326 e. The van der Waals surface area contributed by atoms with Gasteiger partial charge in [-0.2, -0.15) is 4.98 Å². The molecule has 1 saturated heterocycles. The zero-order valence-electron chi connectivity index (χ0n) is 14.3. The summed E-state index contributed by atoms with van der Waals surface area (Å²) in [5.41, 5.74) is 2.02. The number of carbonyl (C=O) groups excluding carboxylic acids is 1. The van der Waals surface area contributed by atoms with Crippen molar-refractivity contribution in [3.8, 4) is 0 Å². The molecule has 1 atom stereocenters. The first-order chi connectivity index (χ1) is 12.1. The van der Waals surface area contributed by atoms with Gasteiger partial charge in [0.2, 0.25) is 5.82 Å². The van der Waals surface area contributed by atoms with Crippen molar-refractivity contribution in [2.75, 3.05) is 26.7 Å². The van der Waals surface area contributed by atoms with Gasteiger partial charge < -0.3 is 9.80 Å². The molecule has 0 unspecified atom stereocenters. The maximum Gasteiger partial charge on any atom is 0.294 e. The van der Waals surface area contributed by atoms with Crippen molar-refractivity contribution in [2.45, 2.75) is 13.0 Å². The van der Waals surface area contributed by atoms with Crippen LogP contribution in [0.1, 0.15) is 27.9 Å². The van der Waals surface area contributed by atoms with Crippen LogP contribution >= 0.6 is 0 Å². The molecule has 0 N–H and O–H groups in total. The minimum absolute atomic E-state index is 0.00637. The smallest absolute Gasteiger partial charge is 0.294 e. The topological polar surface area (TPSA) is 66.6 Å². The molecule has 1 aromatic carbocycles. The molecular formula is C18H20N6O. The number of aromatic nitrogens is 4. The Morgan fingerprint density at radius 3 is 2.72 bits per heavy atom. The van der Waals surface area contributed by atoms with E-state index < -0.39 is 0 Å². The lowest BCUT2D eigenvalue weighted by atomic mass is 10.0. The van der Waals surface area contributed by atoms with Crippen LogP contribution < -0.4 is 0 Å². The summed E-state index contributed by atoms with van der Waals surface area (Å²) >= 11 is 0. The Kier molecular flexibility index (Phi) is 3.93. The largest absolute Gasteiger partial charge is 0.326 e. The summed E-state index contributed by atoms with van der Waals surface area (Å²) in [6.07, 6.45) is 1.68. The molecule has 25 heavy (non-hydrogen) atoms. The molecule has 2 aromatic heterocycles. The van der Waals surface area contributed by atoms with Crippen LogP contribution in [0.3, 0.4) is 0 Å². The summed E-state index contributed by atoms with van der Waals surface area (Å²) in [6, 6.07) is 12.0. The molecule has 0 radical (unpaired) electrons. The third-order valence-corrected chi connectivity index (χ3v) is 4.65. The lowest BCUT2D eigenvalue weighted by Gasteiger charge is -2.39. The Bertz CT molecular complexity index is 906. The Hall–Kier alpha value is -2.80. The highest BCUT2D eigenvalue weighted by molar-refractivity contribution is 5.91. The van der Waals surface area contributed by atoms with E-state index in [1.165, 1.54) is 0 Å². The molecule has 3 heterocycles. The predicted molar refractivity (Wildman–Crippen MR) is 93.2 cm³/mol. The Labute approximate surface area is 145 Å². The van der Waals surface area contributed by atoms with Crippen molar-refractivity contribution in [2.24, 2.45) is 0 Å². The Morgan fingerprint density at radius 2 is 1.96 bits per heavy atom. The summed E-state index contributed by atoms with van der Waals surface area (Å²) in [7, 11) is 2.08. The lowest BCUT2D eigenvalue weighted by Crippen LogP contribution is -2.49. The van der Waals surface area contributed by atoms with Gasteiger partial charge in [-0.15, -0.1) is 5.10 Å². The Balaban J connectivity index is 1.70. The molecule has 3 aromatic rings. The normalized spacial score (nSPS) is 18.6. The molecule has 0 aliphatic carbocycles. The first-order valence-corrected chi connectivity index (χ1v) is 8.36. The third kappa shape index (κ3) is 2.87. The number of amides is 1. The number of carbonyl (C=O) groups is 1. The molecule has 1 aliphatic rings. The third-order valence-electron chi connectivity index (χ3n) is 4.65. The van der Waals surface area contributed by atoms with Crippen LogP contribution in [0.2, 0.25) is 0 Å². The maximum atomic E-state index is 13.1. The van der Waals surface area contributed by atoms with Gasteiger partial charge in [-0.05, 0) is 25.6 Å². The standard InChI is InChI=1S/C18H20N6O/c1-13-8-9-19-18-20-16(21-24(13)18)17(25)23-11-10-22(2)12-15(23)14-6-4-3-5-7-14/h3-9,15H,10-12H2,1-2H3/t15-/m1/s1. The molecule has 1 fully saturated rings.